The molecule has 2 N–H and O–H groups in total. The summed E-state index contributed by atoms with van der Waals surface area (Å²) in [7, 11) is 1.48. The summed E-state index contributed by atoms with van der Waals surface area (Å²) in [5.74, 6) is -1.65. The molecule has 0 aliphatic rings. The molecule has 10 nitrogen and oxygen atoms in total. The SMILES string of the molecule is CCCCCn1nc(C(=O)OCC(=O)NC(=O)NCCOC)c2ccccc2c1=O. The number of amides is 3. The predicted molar refractivity (Wildman–Crippen MR) is 109 cm³/mol. The Morgan fingerprint density at radius 3 is 2.57 bits per heavy atom. The lowest BCUT2D eigenvalue weighted by molar-refractivity contribution is -0.123. The van der Waals surface area contributed by atoms with Crippen molar-refractivity contribution in [1.29, 1.82) is 0 Å². The van der Waals surface area contributed by atoms with Crippen molar-refractivity contribution < 1.29 is 23.9 Å². The average Bonchev–Trinajstić information content (AvgIpc) is 2.74. The molecule has 1 heterocycles. The number of imide groups is 1. The largest absolute Gasteiger partial charge is 0.451 e. The normalized spacial score (nSPS) is 10.6. The monoisotopic (exact) mass is 418 g/mol. The highest BCUT2D eigenvalue weighted by Gasteiger charge is 2.19. The lowest BCUT2D eigenvalue weighted by Gasteiger charge is -2.11. The number of methoxy groups -OCH3 is 1. The second-order valence-corrected chi connectivity index (χ2v) is 6.50. The summed E-state index contributed by atoms with van der Waals surface area (Å²) in [6.45, 7) is 2.28. The van der Waals surface area contributed by atoms with Gasteiger partial charge in [-0.1, -0.05) is 38.0 Å². The van der Waals surface area contributed by atoms with E-state index in [-0.39, 0.29) is 17.8 Å². The minimum atomic E-state index is -0.856. The van der Waals surface area contributed by atoms with E-state index in [0.29, 0.717) is 23.9 Å². The fraction of sp³-hybridized carbons (Fsp3) is 0.450. The van der Waals surface area contributed by atoms with Crippen molar-refractivity contribution in [3.8, 4) is 0 Å². The van der Waals surface area contributed by atoms with E-state index in [1.807, 2.05) is 12.2 Å². The lowest BCUT2D eigenvalue weighted by Crippen LogP contribution is -2.42. The van der Waals surface area contributed by atoms with Gasteiger partial charge in [0, 0.05) is 25.6 Å². The number of aromatic nitrogens is 2. The third-order valence-electron chi connectivity index (χ3n) is 4.21. The van der Waals surface area contributed by atoms with Crippen LogP contribution in [-0.4, -0.2) is 54.6 Å². The first kappa shape index (κ1) is 23.0. The zero-order valence-corrected chi connectivity index (χ0v) is 17.1. The van der Waals surface area contributed by atoms with Crippen molar-refractivity contribution in [3.63, 3.8) is 0 Å². The Labute approximate surface area is 173 Å². The van der Waals surface area contributed by atoms with Gasteiger partial charge >= 0.3 is 12.0 Å². The summed E-state index contributed by atoms with van der Waals surface area (Å²) in [4.78, 5) is 48.5. The van der Waals surface area contributed by atoms with Crippen molar-refractivity contribution in [3.05, 3.63) is 40.3 Å². The van der Waals surface area contributed by atoms with Gasteiger partial charge in [0.2, 0.25) is 0 Å². The molecule has 0 aliphatic carbocycles. The van der Waals surface area contributed by atoms with E-state index in [9.17, 15) is 19.2 Å². The van der Waals surface area contributed by atoms with Crippen LogP contribution < -0.4 is 16.2 Å². The van der Waals surface area contributed by atoms with Crippen LogP contribution >= 0.6 is 0 Å². The highest BCUT2D eigenvalue weighted by Crippen LogP contribution is 2.14. The molecular weight excluding hydrogens is 392 g/mol. The van der Waals surface area contributed by atoms with Gasteiger partial charge in [-0.25, -0.2) is 14.3 Å². The average molecular weight is 418 g/mol. The van der Waals surface area contributed by atoms with Gasteiger partial charge in [0.15, 0.2) is 12.3 Å². The number of ether oxygens (including phenoxy) is 2. The number of nitrogens with zero attached hydrogens (tertiary/aromatic N) is 2. The third-order valence-corrected chi connectivity index (χ3v) is 4.21. The number of hydrogen-bond acceptors (Lipinski definition) is 7. The van der Waals surface area contributed by atoms with Crippen LogP contribution in [0.4, 0.5) is 4.79 Å². The van der Waals surface area contributed by atoms with Gasteiger partial charge < -0.3 is 14.8 Å². The van der Waals surface area contributed by atoms with Crippen LogP contribution in [0, 0.1) is 0 Å². The maximum Gasteiger partial charge on any atom is 0.359 e. The zero-order chi connectivity index (χ0) is 21.9. The molecule has 2 aromatic rings. The number of urea groups is 1. The van der Waals surface area contributed by atoms with Gasteiger partial charge in [-0.3, -0.25) is 14.9 Å². The molecule has 30 heavy (non-hydrogen) atoms. The van der Waals surface area contributed by atoms with Crippen LogP contribution in [0.1, 0.15) is 36.7 Å². The molecule has 0 aliphatic heterocycles. The molecule has 0 fully saturated rings. The van der Waals surface area contributed by atoms with E-state index in [1.165, 1.54) is 11.8 Å². The van der Waals surface area contributed by atoms with Crippen LogP contribution in [0.25, 0.3) is 10.8 Å². The number of benzene rings is 1. The summed E-state index contributed by atoms with van der Waals surface area (Å²) in [5.41, 5.74) is -0.345. The number of carbonyl (C=O) groups excluding carboxylic acids is 3. The second kappa shape index (κ2) is 11.7. The van der Waals surface area contributed by atoms with Crippen molar-refractivity contribution >= 4 is 28.7 Å². The molecule has 10 heteroatoms. The van der Waals surface area contributed by atoms with Gasteiger partial charge in [-0.05, 0) is 12.5 Å². The number of unbranched alkanes of at least 4 members (excludes halogenated alkanes) is 2. The molecular formula is C20H26N4O6. The molecule has 1 aromatic heterocycles. The first-order valence-electron chi connectivity index (χ1n) is 9.71. The molecule has 3 amide bonds. The van der Waals surface area contributed by atoms with Crippen LogP contribution in [-0.2, 0) is 20.8 Å². The fourth-order valence-electron chi connectivity index (χ4n) is 2.72. The second-order valence-electron chi connectivity index (χ2n) is 6.50. The highest BCUT2D eigenvalue weighted by molar-refractivity contribution is 6.03. The molecule has 0 atom stereocenters. The topological polar surface area (TPSA) is 129 Å². The Balaban J connectivity index is 2.10. The molecule has 0 unspecified atom stereocenters. The number of rotatable bonds is 10. The van der Waals surface area contributed by atoms with Crippen molar-refractivity contribution in [2.45, 2.75) is 32.7 Å². The zero-order valence-electron chi connectivity index (χ0n) is 17.1. The van der Waals surface area contributed by atoms with E-state index >= 15 is 0 Å². The number of fused-ring (bicyclic) bond motifs is 1. The number of hydrogen-bond donors (Lipinski definition) is 2. The maximum atomic E-state index is 12.6. The molecule has 0 spiro atoms. The number of esters is 1. The molecule has 0 saturated heterocycles. The summed E-state index contributed by atoms with van der Waals surface area (Å²) < 4.78 is 11.0. The van der Waals surface area contributed by atoms with E-state index < -0.39 is 24.5 Å². The van der Waals surface area contributed by atoms with Gasteiger partial charge in [-0.15, -0.1) is 0 Å². The summed E-state index contributed by atoms with van der Waals surface area (Å²) >= 11 is 0. The molecule has 0 bridgehead atoms. The third kappa shape index (κ3) is 6.38. The van der Waals surface area contributed by atoms with E-state index in [4.69, 9.17) is 9.47 Å². The minimum Gasteiger partial charge on any atom is -0.451 e. The lowest BCUT2D eigenvalue weighted by atomic mass is 10.1. The summed E-state index contributed by atoms with van der Waals surface area (Å²) in [5, 5.41) is 9.30. The Morgan fingerprint density at radius 1 is 1.13 bits per heavy atom. The highest BCUT2D eigenvalue weighted by atomic mass is 16.5. The van der Waals surface area contributed by atoms with E-state index in [1.54, 1.807) is 24.3 Å². The first-order valence-corrected chi connectivity index (χ1v) is 9.71. The number of nitrogens with one attached hydrogen (secondary N) is 2. The Morgan fingerprint density at radius 2 is 1.87 bits per heavy atom. The van der Waals surface area contributed by atoms with Gasteiger partial charge in [-0.2, -0.15) is 5.10 Å². The maximum absolute atomic E-state index is 12.6. The van der Waals surface area contributed by atoms with Crippen LogP contribution in [0.5, 0.6) is 0 Å². The van der Waals surface area contributed by atoms with Crippen LogP contribution in [0.15, 0.2) is 29.1 Å². The summed E-state index contributed by atoms with van der Waals surface area (Å²) in [6, 6.07) is 5.87. The Kier molecular flexibility index (Phi) is 8.95. The van der Waals surface area contributed by atoms with Crippen LogP contribution in [0.2, 0.25) is 0 Å². The molecule has 2 rings (SSSR count). The predicted octanol–water partition coefficient (Wildman–Crippen LogP) is 1.22. The quantitative estimate of drug-likeness (QED) is 0.438. The number of carbonyl (C=O) groups is 3. The van der Waals surface area contributed by atoms with Crippen molar-refractivity contribution in [2.24, 2.45) is 0 Å². The Hall–Kier alpha value is -3.27. The molecule has 0 saturated carbocycles. The van der Waals surface area contributed by atoms with Gasteiger partial charge in [0.1, 0.15) is 0 Å². The number of aryl methyl sites for hydroxylation is 1. The molecule has 162 valence electrons. The summed E-state index contributed by atoms with van der Waals surface area (Å²) in [6.07, 6.45) is 2.65. The smallest absolute Gasteiger partial charge is 0.359 e. The van der Waals surface area contributed by atoms with Gasteiger partial charge in [0.05, 0.1) is 12.0 Å². The van der Waals surface area contributed by atoms with Crippen LogP contribution in [0.3, 0.4) is 0 Å². The fourth-order valence-corrected chi connectivity index (χ4v) is 2.72. The minimum absolute atomic E-state index is 0.0564. The molecule has 0 radical (unpaired) electrons. The first-order chi connectivity index (χ1) is 14.5. The standard InChI is InChI=1S/C20H26N4O6/c1-3-4-7-11-24-18(26)15-9-6-5-8-14(15)17(23-24)19(27)30-13-16(25)22-20(28)21-10-12-29-2/h5-6,8-9H,3-4,7,10-13H2,1-2H3,(H2,21,22,25,28). The van der Waals surface area contributed by atoms with E-state index in [2.05, 4.69) is 10.4 Å². The van der Waals surface area contributed by atoms with Gasteiger partial charge in [0.25, 0.3) is 11.5 Å². The molecule has 1 aromatic carbocycles. The Bertz CT molecular complexity index is 956. The van der Waals surface area contributed by atoms with Crippen molar-refractivity contribution in [2.75, 3.05) is 26.9 Å². The van der Waals surface area contributed by atoms with Crippen molar-refractivity contribution in [1.82, 2.24) is 20.4 Å². The van der Waals surface area contributed by atoms with E-state index in [0.717, 1.165) is 19.3 Å².